The molecule has 0 saturated heterocycles. The van der Waals surface area contributed by atoms with Crippen molar-refractivity contribution in [1.29, 1.82) is 0 Å². The smallest absolute Gasteiger partial charge is 0.122 e. The number of aromatic hydroxyl groups is 1. The van der Waals surface area contributed by atoms with Gasteiger partial charge >= 0.3 is 0 Å². The quantitative estimate of drug-likeness (QED) is 0.386. The highest BCUT2D eigenvalue weighted by Crippen LogP contribution is 2.31. The van der Waals surface area contributed by atoms with Gasteiger partial charge in [-0.05, 0) is 40.2 Å². The summed E-state index contributed by atoms with van der Waals surface area (Å²) in [7, 11) is 0. The number of hydrogen-bond donors (Lipinski definition) is 1. The summed E-state index contributed by atoms with van der Waals surface area (Å²) >= 11 is 0. The SMILES string of the molecule is CCCCC(CC)Cc1cc(Cc2ccccc2)c(O)c(Cc2ccccc2)c1. The molecule has 0 heterocycles. The predicted molar refractivity (Wildman–Crippen MR) is 124 cm³/mol. The second kappa shape index (κ2) is 10.9. The van der Waals surface area contributed by atoms with E-state index < -0.39 is 0 Å². The number of hydrogen-bond acceptors (Lipinski definition) is 1. The van der Waals surface area contributed by atoms with Gasteiger partial charge in [-0.3, -0.25) is 0 Å². The van der Waals surface area contributed by atoms with E-state index >= 15 is 0 Å². The van der Waals surface area contributed by atoms with Gasteiger partial charge in [0.2, 0.25) is 0 Å². The van der Waals surface area contributed by atoms with E-state index in [0.29, 0.717) is 11.7 Å². The number of rotatable bonds is 10. The summed E-state index contributed by atoms with van der Waals surface area (Å²) in [5.41, 5.74) is 5.94. The molecule has 29 heavy (non-hydrogen) atoms. The van der Waals surface area contributed by atoms with Crippen LogP contribution < -0.4 is 0 Å². The second-order valence-corrected chi connectivity index (χ2v) is 8.21. The zero-order valence-corrected chi connectivity index (χ0v) is 17.9. The third-order valence-electron chi connectivity index (χ3n) is 5.87. The summed E-state index contributed by atoms with van der Waals surface area (Å²) in [5, 5.41) is 11.1. The number of benzene rings is 3. The summed E-state index contributed by atoms with van der Waals surface area (Å²) in [4.78, 5) is 0. The first-order chi connectivity index (χ1) is 14.2. The van der Waals surface area contributed by atoms with Crippen LogP contribution in [0.3, 0.4) is 0 Å². The average molecular weight is 387 g/mol. The molecule has 0 aliphatic rings. The molecule has 0 fully saturated rings. The standard InChI is InChI=1S/C28H34O/c1-3-5-12-22(4-2)17-25-20-26(18-23-13-8-6-9-14-23)28(29)27(21-25)19-24-15-10-7-11-16-24/h6-11,13-16,20-22,29H,3-5,12,17-19H2,1-2H3. The molecule has 1 N–H and O–H groups in total. The van der Waals surface area contributed by atoms with Gasteiger partial charge in [0.15, 0.2) is 0 Å². The van der Waals surface area contributed by atoms with Crippen molar-refractivity contribution < 1.29 is 5.11 Å². The van der Waals surface area contributed by atoms with Gasteiger partial charge in [-0.1, -0.05) is 112 Å². The Bertz CT molecular complexity index is 805. The molecule has 0 amide bonds. The Morgan fingerprint density at radius 3 is 1.69 bits per heavy atom. The first-order valence-electron chi connectivity index (χ1n) is 11.1. The first kappa shape index (κ1) is 21.2. The summed E-state index contributed by atoms with van der Waals surface area (Å²) < 4.78 is 0. The Balaban J connectivity index is 1.91. The molecule has 0 aromatic heterocycles. The summed E-state index contributed by atoms with van der Waals surface area (Å²) in [6.07, 6.45) is 7.69. The van der Waals surface area contributed by atoms with E-state index in [1.807, 2.05) is 12.1 Å². The fraction of sp³-hybridized carbons (Fsp3) is 0.357. The highest BCUT2D eigenvalue weighted by Gasteiger charge is 2.14. The topological polar surface area (TPSA) is 20.2 Å². The molecule has 152 valence electrons. The Hall–Kier alpha value is -2.54. The molecule has 3 aromatic carbocycles. The van der Waals surface area contributed by atoms with Crippen LogP contribution in [0, 0.1) is 5.92 Å². The van der Waals surface area contributed by atoms with Crippen molar-refractivity contribution in [3.05, 3.63) is 101 Å². The van der Waals surface area contributed by atoms with Crippen LogP contribution in [0.4, 0.5) is 0 Å². The average Bonchev–Trinajstić information content (AvgIpc) is 2.75. The van der Waals surface area contributed by atoms with Crippen LogP contribution in [0.2, 0.25) is 0 Å². The number of phenolic OH excluding ortho intramolecular Hbond substituents is 1. The molecule has 0 radical (unpaired) electrons. The van der Waals surface area contributed by atoms with Crippen LogP contribution >= 0.6 is 0 Å². The zero-order valence-electron chi connectivity index (χ0n) is 17.9. The number of phenols is 1. The van der Waals surface area contributed by atoms with Crippen molar-refractivity contribution in [2.45, 2.75) is 58.8 Å². The van der Waals surface area contributed by atoms with E-state index in [4.69, 9.17) is 0 Å². The maximum Gasteiger partial charge on any atom is 0.122 e. The second-order valence-electron chi connectivity index (χ2n) is 8.21. The van der Waals surface area contributed by atoms with E-state index in [-0.39, 0.29) is 0 Å². The normalized spacial score (nSPS) is 12.1. The third-order valence-corrected chi connectivity index (χ3v) is 5.87. The Kier molecular flexibility index (Phi) is 7.93. The Labute approximate surface area is 176 Å². The van der Waals surface area contributed by atoms with Crippen LogP contribution in [0.15, 0.2) is 72.8 Å². The van der Waals surface area contributed by atoms with Gasteiger partial charge in [-0.15, -0.1) is 0 Å². The predicted octanol–water partition coefficient (Wildman–Crippen LogP) is 7.33. The van der Waals surface area contributed by atoms with Crippen LogP contribution in [0.1, 0.15) is 67.3 Å². The van der Waals surface area contributed by atoms with Gasteiger partial charge < -0.3 is 5.11 Å². The van der Waals surface area contributed by atoms with Gasteiger partial charge in [-0.2, -0.15) is 0 Å². The molecule has 1 atom stereocenters. The molecule has 0 saturated carbocycles. The van der Waals surface area contributed by atoms with Gasteiger partial charge in [0.25, 0.3) is 0 Å². The summed E-state index contributed by atoms with van der Waals surface area (Å²) in [5.74, 6) is 1.18. The van der Waals surface area contributed by atoms with Gasteiger partial charge in [0.05, 0.1) is 0 Å². The molecule has 0 aliphatic carbocycles. The lowest BCUT2D eigenvalue weighted by Crippen LogP contribution is -2.05. The lowest BCUT2D eigenvalue weighted by Gasteiger charge is -2.18. The maximum atomic E-state index is 11.1. The third kappa shape index (κ3) is 6.22. The van der Waals surface area contributed by atoms with Gasteiger partial charge in [-0.25, -0.2) is 0 Å². The zero-order chi connectivity index (χ0) is 20.5. The monoisotopic (exact) mass is 386 g/mol. The van der Waals surface area contributed by atoms with Crippen molar-refractivity contribution in [2.24, 2.45) is 5.92 Å². The minimum absolute atomic E-state index is 0.461. The van der Waals surface area contributed by atoms with Gasteiger partial charge in [0, 0.05) is 12.8 Å². The molecule has 0 aliphatic heterocycles. The van der Waals surface area contributed by atoms with Gasteiger partial charge in [0.1, 0.15) is 5.75 Å². The molecule has 1 unspecified atom stereocenters. The van der Waals surface area contributed by atoms with E-state index in [1.54, 1.807) is 0 Å². The number of unbranched alkanes of at least 4 members (excludes halogenated alkanes) is 1. The highest BCUT2D eigenvalue weighted by molar-refractivity contribution is 5.48. The fourth-order valence-corrected chi connectivity index (χ4v) is 4.13. The largest absolute Gasteiger partial charge is 0.507 e. The molecule has 3 rings (SSSR count). The van der Waals surface area contributed by atoms with Crippen molar-refractivity contribution >= 4 is 0 Å². The molecular formula is C28H34O. The summed E-state index contributed by atoms with van der Waals surface area (Å²) in [6.45, 7) is 4.57. The van der Waals surface area contributed by atoms with Crippen molar-refractivity contribution in [3.63, 3.8) is 0 Å². The molecule has 0 bridgehead atoms. The van der Waals surface area contributed by atoms with Crippen molar-refractivity contribution in [1.82, 2.24) is 0 Å². The molecule has 0 spiro atoms. The van der Waals surface area contributed by atoms with Crippen LogP contribution in [0.5, 0.6) is 5.75 Å². The fourth-order valence-electron chi connectivity index (χ4n) is 4.13. The summed E-state index contributed by atoms with van der Waals surface area (Å²) in [6, 6.07) is 25.4. The lowest BCUT2D eigenvalue weighted by molar-refractivity contribution is 0.445. The molecule has 1 heteroatoms. The van der Waals surface area contributed by atoms with E-state index in [1.165, 1.54) is 42.4 Å². The van der Waals surface area contributed by atoms with Crippen molar-refractivity contribution in [3.8, 4) is 5.75 Å². The Morgan fingerprint density at radius 2 is 1.24 bits per heavy atom. The highest BCUT2D eigenvalue weighted by atomic mass is 16.3. The first-order valence-corrected chi connectivity index (χ1v) is 11.1. The molecular weight excluding hydrogens is 352 g/mol. The minimum atomic E-state index is 0.461. The van der Waals surface area contributed by atoms with E-state index in [0.717, 1.165) is 30.4 Å². The maximum absolute atomic E-state index is 11.1. The Morgan fingerprint density at radius 1 is 0.724 bits per heavy atom. The van der Waals surface area contributed by atoms with Crippen LogP contribution in [-0.4, -0.2) is 5.11 Å². The van der Waals surface area contributed by atoms with E-state index in [2.05, 4.69) is 74.5 Å². The molecule has 1 nitrogen and oxygen atoms in total. The lowest BCUT2D eigenvalue weighted by atomic mass is 9.88. The van der Waals surface area contributed by atoms with Crippen LogP contribution in [0.25, 0.3) is 0 Å². The van der Waals surface area contributed by atoms with Crippen LogP contribution in [-0.2, 0) is 19.3 Å². The van der Waals surface area contributed by atoms with Crippen molar-refractivity contribution in [2.75, 3.05) is 0 Å². The minimum Gasteiger partial charge on any atom is -0.507 e. The molecule has 3 aromatic rings. The van der Waals surface area contributed by atoms with E-state index in [9.17, 15) is 5.11 Å².